The molecule has 0 saturated heterocycles. The van der Waals surface area contributed by atoms with Gasteiger partial charge in [-0.15, -0.1) is 0 Å². The third kappa shape index (κ3) is 5.09. The van der Waals surface area contributed by atoms with Crippen LogP contribution in [0.2, 0.25) is 5.02 Å². The number of aromatic nitrogens is 4. The highest BCUT2D eigenvalue weighted by molar-refractivity contribution is 6.30. The van der Waals surface area contributed by atoms with E-state index in [9.17, 15) is 23.8 Å². The quantitative estimate of drug-likeness (QED) is 0.333. The van der Waals surface area contributed by atoms with Crippen LogP contribution in [0.4, 0.5) is 14.6 Å². The van der Waals surface area contributed by atoms with Crippen molar-refractivity contribution in [3.8, 4) is 11.8 Å². The van der Waals surface area contributed by atoms with E-state index in [4.69, 9.17) is 11.6 Å². The van der Waals surface area contributed by atoms with Crippen LogP contribution in [0, 0.1) is 29.4 Å². The number of anilines is 1. The summed E-state index contributed by atoms with van der Waals surface area (Å²) in [5.41, 5.74) is 1.83. The van der Waals surface area contributed by atoms with E-state index in [-0.39, 0.29) is 23.6 Å². The van der Waals surface area contributed by atoms with Crippen LogP contribution < -0.4 is 5.32 Å². The Balaban J connectivity index is 1.56. The average Bonchev–Trinajstić information content (AvgIpc) is 3.44. The summed E-state index contributed by atoms with van der Waals surface area (Å²) in [6.45, 7) is 1.73. The predicted molar refractivity (Wildman–Crippen MR) is 136 cm³/mol. The van der Waals surface area contributed by atoms with Crippen molar-refractivity contribution in [2.75, 3.05) is 5.32 Å². The van der Waals surface area contributed by atoms with Gasteiger partial charge in [-0.1, -0.05) is 29.7 Å². The number of fused-ring (bicyclic) bond motifs is 1. The van der Waals surface area contributed by atoms with Gasteiger partial charge in [0.2, 0.25) is 5.82 Å². The summed E-state index contributed by atoms with van der Waals surface area (Å²) in [5, 5.41) is 24.9. The average molecular weight is 538 g/mol. The van der Waals surface area contributed by atoms with E-state index < -0.39 is 35.8 Å². The first-order valence-corrected chi connectivity index (χ1v) is 12.2. The monoisotopic (exact) mass is 537 g/mol. The molecule has 1 aliphatic rings. The number of nitrogens with zero attached hydrogens (tertiary/aromatic N) is 4. The molecule has 1 saturated carbocycles. The molecule has 0 amide bonds. The van der Waals surface area contributed by atoms with Crippen molar-refractivity contribution in [2.45, 2.75) is 38.1 Å². The van der Waals surface area contributed by atoms with E-state index in [0.29, 0.717) is 28.5 Å². The van der Waals surface area contributed by atoms with E-state index >= 15 is 0 Å². The smallest absolute Gasteiger partial charge is 0.209 e. The maximum absolute atomic E-state index is 13.6. The molecular formula is C27H22ClF2N5O3. The van der Waals surface area contributed by atoms with Gasteiger partial charge < -0.3 is 20.1 Å². The lowest BCUT2D eigenvalue weighted by Crippen LogP contribution is -2.31. The molecule has 8 nitrogen and oxygen atoms in total. The van der Waals surface area contributed by atoms with Crippen molar-refractivity contribution in [1.29, 1.82) is 0 Å². The molecule has 38 heavy (non-hydrogen) atoms. The van der Waals surface area contributed by atoms with Crippen LogP contribution >= 0.6 is 11.6 Å². The van der Waals surface area contributed by atoms with Gasteiger partial charge in [-0.2, -0.15) is 0 Å². The van der Waals surface area contributed by atoms with Crippen molar-refractivity contribution in [3.05, 3.63) is 82.4 Å². The molecular weight excluding hydrogens is 516 g/mol. The Bertz CT molecular complexity index is 1600. The first kappa shape index (κ1) is 25.7. The molecule has 0 spiro atoms. The number of aliphatic hydroxyl groups excluding tert-OH is 2. The standard InChI is InChI=1S/C27H22ClF2N5O3/c1-14(36)18-11-21(25(38)24(18)37)35-13-32-23-26(31-12-16-3-2-4-17(28)9-16)33-22(34-27(23)35)8-6-15-5-7-19(29)20(30)10-15/h2-5,7,9-10,13,18,21,24-25,37-38H,11-12H2,1H3,(H,31,33,34)/t18-,21-,24?,25+/m1/s1. The Morgan fingerprint density at radius 2 is 1.95 bits per heavy atom. The number of carbonyl (C=O) groups excluding carboxylic acids is 1. The summed E-state index contributed by atoms with van der Waals surface area (Å²) >= 11 is 6.10. The second kappa shape index (κ2) is 10.5. The molecule has 2 aromatic heterocycles. The van der Waals surface area contributed by atoms with Gasteiger partial charge in [-0.3, -0.25) is 4.79 Å². The van der Waals surface area contributed by atoms with Gasteiger partial charge in [-0.05, 0) is 55.2 Å². The van der Waals surface area contributed by atoms with Crippen molar-refractivity contribution >= 4 is 34.4 Å². The number of aliphatic hydroxyl groups is 2. The minimum Gasteiger partial charge on any atom is -0.390 e. The highest BCUT2D eigenvalue weighted by Crippen LogP contribution is 2.37. The normalized spacial score (nSPS) is 20.8. The van der Waals surface area contributed by atoms with Crippen LogP contribution in [0.15, 0.2) is 48.8 Å². The van der Waals surface area contributed by atoms with E-state index in [1.165, 1.54) is 19.3 Å². The summed E-state index contributed by atoms with van der Waals surface area (Å²) in [5.74, 6) is 2.97. The van der Waals surface area contributed by atoms with Gasteiger partial charge in [0.1, 0.15) is 11.9 Å². The molecule has 4 atom stereocenters. The van der Waals surface area contributed by atoms with Gasteiger partial charge in [0.25, 0.3) is 0 Å². The third-order valence-electron chi connectivity index (χ3n) is 6.54. The Kier molecular flexibility index (Phi) is 7.08. The van der Waals surface area contributed by atoms with Crippen molar-refractivity contribution in [2.24, 2.45) is 5.92 Å². The van der Waals surface area contributed by atoms with Crippen molar-refractivity contribution in [3.63, 3.8) is 0 Å². The molecule has 2 aromatic carbocycles. The van der Waals surface area contributed by atoms with E-state index in [0.717, 1.165) is 17.7 Å². The molecule has 0 bridgehead atoms. The molecule has 0 radical (unpaired) electrons. The largest absolute Gasteiger partial charge is 0.390 e. The van der Waals surface area contributed by atoms with Gasteiger partial charge in [-0.25, -0.2) is 23.7 Å². The third-order valence-corrected chi connectivity index (χ3v) is 6.78. The molecule has 1 fully saturated rings. The number of ketones is 1. The summed E-state index contributed by atoms with van der Waals surface area (Å²) in [6.07, 6.45) is -0.755. The number of carbonyl (C=O) groups is 1. The SMILES string of the molecule is CC(=O)[C@H]1C[C@@H](n2cnc3c(NCc4cccc(Cl)c4)nc(C#Cc4ccc(F)c(F)c4)nc32)[C@H](O)C1O. The molecule has 3 N–H and O–H groups in total. The molecule has 4 aromatic rings. The fourth-order valence-electron chi connectivity index (χ4n) is 4.56. The van der Waals surface area contributed by atoms with Crippen LogP contribution in [-0.4, -0.2) is 47.7 Å². The number of imidazole rings is 1. The minimum absolute atomic E-state index is 0.0636. The zero-order valence-corrected chi connectivity index (χ0v) is 20.8. The van der Waals surface area contributed by atoms with Gasteiger partial charge in [0.15, 0.2) is 28.6 Å². The van der Waals surface area contributed by atoms with Crippen LogP contribution in [0.25, 0.3) is 11.2 Å². The highest BCUT2D eigenvalue weighted by atomic mass is 35.5. The van der Waals surface area contributed by atoms with Crippen LogP contribution in [0.3, 0.4) is 0 Å². The lowest BCUT2D eigenvalue weighted by atomic mass is 10.0. The van der Waals surface area contributed by atoms with Gasteiger partial charge in [0.05, 0.1) is 18.5 Å². The molecule has 11 heteroatoms. The van der Waals surface area contributed by atoms with E-state index in [1.807, 2.05) is 12.1 Å². The summed E-state index contributed by atoms with van der Waals surface area (Å²) in [4.78, 5) is 25.4. The van der Waals surface area contributed by atoms with Crippen molar-refractivity contribution in [1.82, 2.24) is 19.5 Å². The first-order valence-electron chi connectivity index (χ1n) is 11.8. The molecule has 194 valence electrons. The van der Waals surface area contributed by atoms with Gasteiger partial charge >= 0.3 is 0 Å². The molecule has 1 unspecified atom stereocenters. The lowest BCUT2D eigenvalue weighted by Gasteiger charge is -2.18. The van der Waals surface area contributed by atoms with Gasteiger partial charge in [0, 0.05) is 23.0 Å². The fourth-order valence-corrected chi connectivity index (χ4v) is 4.78. The van der Waals surface area contributed by atoms with Crippen molar-refractivity contribution < 1.29 is 23.8 Å². The van der Waals surface area contributed by atoms with E-state index in [2.05, 4.69) is 32.1 Å². The maximum Gasteiger partial charge on any atom is 0.209 e. The molecule has 0 aliphatic heterocycles. The number of nitrogens with one attached hydrogen (secondary N) is 1. The summed E-state index contributed by atoms with van der Waals surface area (Å²) in [6, 6.07) is 9.90. The van der Waals surface area contributed by atoms with Crippen LogP contribution in [-0.2, 0) is 11.3 Å². The molecule has 2 heterocycles. The Morgan fingerprint density at radius 3 is 2.66 bits per heavy atom. The fraction of sp³-hybridized carbons (Fsp3) is 0.259. The topological polar surface area (TPSA) is 113 Å². The first-order chi connectivity index (χ1) is 18.2. The molecule has 5 rings (SSSR count). The second-order valence-electron chi connectivity index (χ2n) is 9.08. The highest BCUT2D eigenvalue weighted by Gasteiger charge is 2.45. The Morgan fingerprint density at radius 1 is 1.13 bits per heavy atom. The second-order valence-corrected chi connectivity index (χ2v) is 9.52. The lowest BCUT2D eigenvalue weighted by molar-refractivity contribution is -0.124. The number of rotatable bonds is 5. The molecule has 1 aliphatic carbocycles. The zero-order valence-electron chi connectivity index (χ0n) is 20.1. The van der Waals surface area contributed by atoms with Crippen LogP contribution in [0.5, 0.6) is 0 Å². The minimum atomic E-state index is -1.22. The number of hydrogen-bond acceptors (Lipinski definition) is 7. The maximum atomic E-state index is 13.6. The Hall–Kier alpha value is -3.91. The van der Waals surface area contributed by atoms with E-state index in [1.54, 1.807) is 16.7 Å². The number of halogens is 3. The summed E-state index contributed by atoms with van der Waals surface area (Å²) < 4.78 is 28.5. The Labute approximate surface area is 221 Å². The predicted octanol–water partition coefficient (Wildman–Crippen LogP) is 3.64. The number of Topliss-reactive ketones (excluding diaryl/α,β-unsaturated/α-hetero) is 1. The number of benzene rings is 2. The number of hydrogen-bond donors (Lipinski definition) is 3. The zero-order chi connectivity index (χ0) is 27.0. The van der Waals surface area contributed by atoms with Crippen LogP contribution in [0.1, 0.15) is 36.3 Å². The summed E-state index contributed by atoms with van der Waals surface area (Å²) in [7, 11) is 0.